The quantitative estimate of drug-likeness (QED) is 0.856. The van der Waals surface area contributed by atoms with Gasteiger partial charge < -0.3 is 5.32 Å². The second-order valence-corrected chi connectivity index (χ2v) is 5.09. The second-order valence-electron chi connectivity index (χ2n) is 3.95. The molecule has 0 spiro atoms. The van der Waals surface area contributed by atoms with Crippen LogP contribution in [0.15, 0.2) is 41.4 Å². The molecule has 0 aliphatic carbocycles. The van der Waals surface area contributed by atoms with Crippen molar-refractivity contribution >= 4 is 23.5 Å². The lowest BCUT2D eigenvalue weighted by atomic mass is 10.3. The molecule has 0 fully saturated rings. The Morgan fingerprint density at radius 3 is 2.89 bits per heavy atom. The molecule has 19 heavy (non-hydrogen) atoms. The Morgan fingerprint density at radius 1 is 1.42 bits per heavy atom. The Morgan fingerprint density at radius 2 is 2.21 bits per heavy atom. The van der Waals surface area contributed by atoms with E-state index in [1.807, 2.05) is 0 Å². The van der Waals surface area contributed by atoms with E-state index in [2.05, 4.69) is 10.4 Å². The summed E-state index contributed by atoms with van der Waals surface area (Å²) in [5.41, 5.74) is 0. The van der Waals surface area contributed by atoms with Gasteiger partial charge in [-0.05, 0) is 12.1 Å². The summed E-state index contributed by atoms with van der Waals surface area (Å²) in [6.45, 7) is 0. The highest BCUT2D eigenvalue weighted by Gasteiger charge is 2.06. The van der Waals surface area contributed by atoms with Gasteiger partial charge in [-0.2, -0.15) is 5.10 Å². The van der Waals surface area contributed by atoms with E-state index in [9.17, 15) is 9.18 Å². The van der Waals surface area contributed by atoms with Crippen molar-refractivity contribution in [2.45, 2.75) is 11.3 Å². The molecule has 1 aromatic heterocycles. The summed E-state index contributed by atoms with van der Waals surface area (Å²) < 4.78 is 14.9. The van der Waals surface area contributed by atoms with Gasteiger partial charge in [0.25, 0.3) is 0 Å². The van der Waals surface area contributed by atoms with Crippen LogP contribution in [0.3, 0.4) is 0 Å². The molecular formula is C13H14FN3OS. The number of aromatic nitrogens is 2. The third kappa shape index (κ3) is 4.10. The van der Waals surface area contributed by atoms with Crippen LogP contribution in [0.5, 0.6) is 0 Å². The van der Waals surface area contributed by atoms with Crippen molar-refractivity contribution in [3.8, 4) is 0 Å². The second kappa shape index (κ2) is 6.38. The maximum Gasteiger partial charge on any atom is 0.226 e. The van der Waals surface area contributed by atoms with E-state index in [1.165, 1.54) is 17.8 Å². The summed E-state index contributed by atoms with van der Waals surface area (Å²) in [5, 5.41) is 6.73. The predicted molar refractivity (Wildman–Crippen MR) is 73.6 cm³/mol. The van der Waals surface area contributed by atoms with Gasteiger partial charge in [0.1, 0.15) is 5.82 Å². The molecule has 1 amide bonds. The van der Waals surface area contributed by atoms with Gasteiger partial charge in [-0.3, -0.25) is 9.48 Å². The van der Waals surface area contributed by atoms with Crippen molar-refractivity contribution in [2.24, 2.45) is 7.05 Å². The molecular weight excluding hydrogens is 265 g/mol. The van der Waals surface area contributed by atoms with Gasteiger partial charge in [0.05, 0.1) is 0 Å². The van der Waals surface area contributed by atoms with E-state index in [-0.39, 0.29) is 11.7 Å². The molecule has 0 unspecified atom stereocenters. The van der Waals surface area contributed by atoms with Gasteiger partial charge in [-0.1, -0.05) is 12.1 Å². The first-order chi connectivity index (χ1) is 9.15. The molecule has 0 radical (unpaired) electrons. The number of anilines is 1. The van der Waals surface area contributed by atoms with Crippen LogP contribution in [0, 0.1) is 5.82 Å². The number of thioether (sulfide) groups is 1. The average Bonchev–Trinajstić information content (AvgIpc) is 2.77. The topological polar surface area (TPSA) is 46.9 Å². The standard InChI is InChI=1S/C13H14FN3OS/c1-17-8-6-12(16-17)15-13(18)7-9-19-11-5-3-2-4-10(11)14/h2-6,8H,7,9H2,1H3,(H,15,16,18). The van der Waals surface area contributed by atoms with Crippen LogP contribution in [0.1, 0.15) is 6.42 Å². The smallest absolute Gasteiger partial charge is 0.226 e. The number of carbonyl (C=O) groups is 1. The van der Waals surface area contributed by atoms with E-state index < -0.39 is 0 Å². The van der Waals surface area contributed by atoms with E-state index in [1.54, 1.807) is 42.2 Å². The van der Waals surface area contributed by atoms with Gasteiger partial charge in [0.2, 0.25) is 5.91 Å². The first-order valence-electron chi connectivity index (χ1n) is 5.82. The van der Waals surface area contributed by atoms with Crippen LogP contribution in [0.4, 0.5) is 10.2 Å². The van der Waals surface area contributed by atoms with Crippen LogP contribution >= 0.6 is 11.8 Å². The predicted octanol–water partition coefficient (Wildman–Crippen LogP) is 2.68. The Kier molecular flexibility index (Phi) is 4.57. The summed E-state index contributed by atoms with van der Waals surface area (Å²) in [5.74, 6) is 0.683. The van der Waals surface area contributed by atoms with Crippen LogP contribution in [-0.4, -0.2) is 21.4 Å². The van der Waals surface area contributed by atoms with Crippen LogP contribution in [-0.2, 0) is 11.8 Å². The summed E-state index contributed by atoms with van der Waals surface area (Å²) in [6, 6.07) is 8.27. The number of hydrogen-bond donors (Lipinski definition) is 1. The average molecular weight is 279 g/mol. The van der Waals surface area contributed by atoms with E-state index in [0.29, 0.717) is 22.9 Å². The molecule has 0 bridgehead atoms. The highest BCUT2D eigenvalue weighted by atomic mass is 32.2. The molecule has 100 valence electrons. The van der Waals surface area contributed by atoms with E-state index in [0.717, 1.165) is 0 Å². The summed E-state index contributed by atoms with van der Waals surface area (Å²) in [7, 11) is 1.78. The van der Waals surface area contributed by atoms with Crippen molar-refractivity contribution in [3.63, 3.8) is 0 Å². The molecule has 1 heterocycles. The molecule has 0 aliphatic rings. The van der Waals surface area contributed by atoms with E-state index in [4.69, 9.17) is 0 Å². The number of aryl methyl sites for hydroxylation is 1. The lowest BCUT2D eigenvalue weighted by Crippen LogP contribution is -2.12. The molecule has 4 nitrogen and oxygen atoms in total. The van der Waals surface area contributed by atoms with Crippen LogP contribution in [0.2, 0.25) is 0 Å². The maximum atomic E-state index is 13.3. The lowest BCUT2D eigenvalue weighted by Gasteiger charge is -2.03. The molecule has 6 heteroatoms. The monoisotopic (exact) mass is 279 g/mol. The number of rotatable bonds is 5. The van der Waals surface area contributed by atoms with Crippen molar-refractivity contribution in [3.05, 3.63) is 42.3 Å². The number of nitrogens with one attached hydrogen (secondary N) is 1. The SMILES string of the molecule is Cn1ccc(NC(=O)CCSc2ccccc2F)n1. The largest absolute Gasteiger partial charge is 0.309 e. The molecule has 0 saturated heterocycles. The highest BCUT2D eigenvalue weighted by Crippen LogP contribution is 2.21. The van der Waals surface area contributed by atoms with Gasteiger partial charge in [-0.15, -0.1) is 11.8 Å². The number of amides is 1. The third-order valence-corrected chi connectivity index (χ3v) is 3.45. The first-order valence-corrected chi connectivity index (χ1v) is 6.80. The number of benzene rings is 1. The number of carbonyl (C=O) groups excluding carboxylic acids is 1. The summed E-state index contributed by atoms with van der Waals surface area (Å²) >= 11 is 1.33. The van der Waals surface area contributed by atoms with Crippen molar-refractivity contribution in [2.75, 3.05) is 11.1 Å². The Labute approximate surface area is 115 Å². The third-order valence-electron chi connectivity index (χ3n) is 2.40. The van der Waals surface area contributed by atoms with Crippen molar-refractivity contribution < 1.29 is 9.18 Å². The van der Waals surface area contributed by atoms with Gasteiger partial charge >= 0.3 is 0 Å². The molecule has 2 rings (SSSR count). The minimum Gasteiger partial charge on any atom is -0.309 e. The lowest BCUT2D eigenvalue weighted by molar-refractivity contribution is -0.115. The maximum absolute atomic E-state index is 13.3. The van der Waals surface area contributed by atoms with Gasteiger partial charge in [0.15, 0.2) is 5.82 Å². The fraction of sp³-hybridized carbons (Fsp3) is 0.231. The normalized spacial score (nSPS) is 10.4. The molecule has 0 atom stereocenters. The zero-order valence-corrected chi connectivity index (χ0v) is 11.3. The molecule has 1 N–H and O–H groups in total. The first kappa shape index (κ1) is 13.6. The zero-order valence-electron chi connectivity index (χ0n) is 10.5. The van der Waals surface area contributed by atoms with Crippen molar-refractivity contribution in [1.82, 2.24) is 9.78 Å². The number of nitrogens with zero attached hydrogens (tertiary/aromatic N) is 2. The molecule has 0 aliphatic heterocycles. The summed E-state index contributed by atoms with van der Waals surface area (Å²) in [6.07, 6.45) is 2.07. The van der Waals surface area contributed by atoms with Crippen LogP contribution < -0.4 is 5.32 Å². The Hall–Kier alpha value is -1.82. The highest BCUT2D eigenvalue weighted by molar-refractivity contribution is 7.99. The Bertz CT molecular complexity index is 571. The van der Waals surface area contributed by atoms with Gasteiger partial charge in [-0.25, -0.2) is 4.39 Å². The van der Waals surface area contributed by atoms with Crippen molar-refractivity contribution in [1.29, 1.82) is 0 Å². The van der Waals surface area contributed by atoms with E-state index >= 15 is 0 Å². The Balaban J connectivity index is 1.77. The molecule has 0 saturated carbocycles. The minimum absolute atomic E-state index is 0.123. The molecule has 2 aromatic rings. The fourth-order valence-corrected chi connectivity index (χ4v) is 2.39. The fourth-order valence-electron chi connectivity index (χ4n) is 1.50. The zero-order chi connectivity index (χ0) is 13.7. The number of hydrogen-bond acceptors (Lipinski definition) is 3. The number of halogens is 1. The van der Waals surface area contributed by atoms with Crippen LogP contribution in [0.25, 0.3) is 0 Å². The van der Waals surface area contributed by atoms with Gasteiger partial charge in [0, 0.05) is 36.4 Å². The molecule has 1 aromatic carbocycles. The summed E-state index contributed by atoms with van der Waals surface area (Å²) in [4.78, 5) is 12.2. The minimum atomic E-state index is -0.252.